The van der Waals surface area contributed by atoms with Crippen molar-refractivity contribution in [1.82, 2.24) is 9.97 Å². The van der Waals surface area contributed by atoms with Crippen molar-refractivity contribution in [3.63, 3.8) is 0 Å². The number of anilines is 1. The van der Waals surface area contributed by atoms with E-state index in [4.69, 9.17) is 14.2 Å². The van der Waals surface area contributed by atoms with Crippen LogP contribution in [0.4, 0.5) is 5.82 Å². The Balaban J connectivity index is 2.10. The summed E-state index contributed by atoms with van der Waals surface area (Å²) < 4.78 is 16.3. The van der Waals surface area contributed by atoms with Crippen molar-refractivity contribution in [3.05, 3.63) is 11.9 Å². The Hall–Kier alpha value is -1.40. The van der Waals surface area contributed by atoms with Gasteiger partial charge in [-0.15, -0.1) is 0 Å². The third-order valence-corrected chi connectivity index (χ3v) is 3.17. The average molecular weight is 295 g/mol. The van der Waals surface area contributed by atoms with Gasteiger partial charge in [-0.1, -0.05) is 13.8 Å². The van der Waals surface area contributed by atoms with E-state index in [1.807, 2.05) is 6.07 Å². The van der Waals surface area contributed by atoms with Crippen LogP contribution in [0, 0.1) is 5.92 Å². The number of hydrogen-bond donors (Lipinski definition) is 1. The highest BCUT2D eigenvalue weighted by Gasteiger charge is 2.22. The molecule has 1 N–H and O–H groups in total. The van der Waals surface area contributed by atoms with E-state index in [0.29, 0.717) is 30.8 Å². The van der Waals surface area contributed by atoms with E-state index in [9.17, 15) is 0 Å². The smallest absolute Gasteiger partial charge is 0.218 e. The van der Waals surface area contributed by atoms with Gasteiger partial charge in [-0.2, -0.15) is 4.98 Å². The van der Waals surface area contributed by atoms with Gasteiger partial charge in [0.1, 0.15) is 18.5 Å². The van der Waals surface area contributed by atoms with Crippen LogP contribution in [-0.4, -0.2) is 43.4 Å². The van der Waals surface area contributed by atoms with Gasteiger partial charge in [-0.25, -0.2) is 4.98 Å². The third kappa shape index (κ3) is 5.13. The first-order valence-electron chi connectivity index (χ1n) is 7.55. The maximum Gasteiger partial charge on any atom is 0.218 e. The third-order valence-electron chi connectivity index (χ3n) is 3.17. The van der Waals surface area contributed by atoms with E-state index in [2.05, 4.69) is 29.1 Å². The molecule has 2 heterocycles. The van der Waals surface area contributed by atoms with Gasteiger partial charge in [-0.3, -0.25) is 0 Å². The van der Waals surface area contributed by atoms with Gasteiger partial charge in [0, 0.05) is 26.3 Å². The molecule has 0 radical (unpaired) electrons. The second-order valence-electron chi connectivity index (χ2n) is 5.57. The summed E-state index contributed by atoms with van der Waals surface area (Å²) in [5, 5.41) is 3.32. The van der Waals surface area contributed by atoms with Gasteiger partial charge in [0.05, 0.1) is 6.61 Å². The molecule has 6 nitrogen and oxygen atoms in total. The summed E-state index contributed by atoms with van der Waals surface area (Å²) in [6.07, 6.45) is 2.00. The summed E-state index contributed by atoms with van der Waals surface area (Å²) in [6.45, 7) is 6.96. The summed E-state index contributed by atoms with van der Waals surface area (Å²) in [6, 6.07) is 1.83. The van der Waals surface area contributed by atoms with Crippen LogP contribution in [0.1, 0.15) is 38.6 Å². The molecule has 1 unspecified atom stereocenters. The topological polar surface area (TPSA) is 65.5 Å². The van der Waals surface area contributed by atoms with E-state index in [1.165, 1.54) is 0 Å². The van der Waals surface area contributed by atoms with Crippen LogP contribution in [0.2, 0.25) is 0 Å². The Kier molecular flexibility index (Phi) is 6.20. The van der Waals surface area contributed by atoms with Crippen LogP contribution in [0.3, 0.4) is 0 Å². The lowest BCUT2D eigenvalue weighted by Gasteiger charge is -2.14. The molecule has 0 aromatic carbocycles. The lowest BCUT2D eigenvalue weighted by atomic mass is 10.2. The average Bonchev–Trinajstić information content (AvgIpc) is 2.99. The summed E-state index contributed by atoms with van der Waals surface area (Å²) in [4.78, 5) is 9.02. The molecule has 0 spiro atoms. The molecule has 1 aromatic heterocycles. The minimum Gasteiger partial charge on any atom is -0.475 e. The zero-order chi connectivity index (χ0) is 15.1. The molecule has 0 amide bonds. The Morgan fingerprint density at radius 3 is 2.90 bits per heavy atom. The van der Waals surface area contributed by atoms with Gasteiger partial charge in [-0.05, 0) is 18.8 Å². The molecule has 1 aliphatic heterocycles. The van der Waals surface area contributed by atoms with Crippen molar-refractivity contribution in [2.75, 3.05) is 38.8 Å². The molecular formula is C15H25N3O3. The van der Waals surface area contributed by atoms with Crippen LogP contribution in [0.25, 0.3) is 0 Å². The van der Waals surface area contributed by atoms with Crippen molar-refractivity contribution < 1.29 is 14.2 Å². The Bertz CT molecular complexity index is 434. The normalized spacial score (nSPS) is 18.2. The van der Waals surface area contributed by atoms with Crippen molar-refractivity contribution in [2.45, 2.75) is 32.8 Å². The van der Waals surface area contributed by atoms with Crippen LogP contribution in [-0.2, 0) is 9.47 Å². The molecule has 1 fully saturated rings. The SMILES string of the molecule is COCCOc1cc(NCC(C)C)nc(C2CCCO2)n1. The molecule has 1 aromatic rings. The highest BCUT2D eigenvalue weighted by Crippen LogP contribution is 2.28. The number of ether oxygens (including phenoxy) is 3. The van der Waals surface area contributed by atoms with Crippen LogP contribution < -0.4 is 10.1 Å². The molecule has 2 rings (SSSR count). The molecule has 1 atom stereocenters. The fraction of sp³-hybridized carbons (Fsp3) is 0.733. The first kappa shape index (κ1) is 16.0. The number of nitrogens with zero attached hydrogens (tertiary/aromatic N) is 2. The van der Waals surface area contributed by atoms with E-state index >= 15 is 0 Å². The van der Waals surface area contributed by atoms with Crippen molar-refractivity contribution in [2.24, 2.45) is 5.92 Å². The summed E-state index contributed by atoms with van der Waals surface area (Å²) in [5.74, 6) is 2.60. The Morgan fingerprint density at radius 2 is 2.24 bits per heavy atom. The minimum atomic E-state index is -0.0180. The van der Waals surface area contributed by atoms with Gasteiger partial charge >= 0.3 is 0 Å². The molecule has 6 heteroatoms. The first-order valence-corrected chi connectivity index (χ1v) is 7.55. The molecule has 118 valence electrons. The predicted molar refractivity (Wildman–Crippen MR) is 80.7 cm³/mol. The largest absolute Gasteiger partial charge is 0.475 e. The van der Waals surface area contributed by atoms with Crippen LogP contribution >= 0.6 is 0 Å². The van der Waals surface area contributed by atoms with Gasteiger partial charge in [0.2, 0.25) is 5.88 Å². The van der Waals surface area contributed by atoms with Gasteiger partial charge in [0.15, 0.2) is 5.82 Å². The second-order valence-corrected chi connectivity index (χ2v) is 5.57. The van der Waals surface area contributed by atoms with E-state index in [1.54, 1.807) is 7.11 Å². The van der Waals surface area contributed by atoms with Crippen molar-refractivity contribution in [3.8, 4) is 5.88 Å². The highest BCUT2D eigenvalue weighted by molar-refractivity contribution is 5.38. The molecular weight excluding hydrogens is 270 g/mol. The summed E-state index contributed by atoms with van der Waals surface area (Å²) >= 11 is 0. The van der Waals surface area contributed by atoms with Crippen LogP contribution in [0.5, 0.6) is 5.88 Å². The lowest BCUT2D eigenvalue weighted by molar-refractivity contribution is 0.103. The molecule has 0 saturated carbocycles. The molecule has 21 heavy (non-hydrogen) atoms. The highest BCUT2D eigenvalue weighted by atomic mass is 16.5. The number of rotatable bonds is 8. The zero-order valence-corrected chi connectivity index (χ0v) is 13.1. The maximum absolute atomic E-state index is 5.67. The number of hydrogen-bond acceptors (Lipinski definition) is 6. The summed E-state index contributed by atoms with van der Waals surface area (Å²) in [7, 11) is 1.65. The van der Waals surface area contributed by atoms with Gasteiger partial charge in [0.25, 0.3) is 0 Å². The van der Waals surface area contributed by atoms with E-state index in [0.717, 1.165) is 31.8 Å². The molecule has 0 bridgehead atoms. The van der Waals surface area contributed by atoms with E-state index in [-0.39, 0.29) is 6.10 Å². The second kappa shape index (κ2) is 8.14. The van der Waals surface area contributed by atoms with Gasteiger partial charge < -0.3 is 19.5 Å². The summed E-state index contributed by atoms with van der Waals surface area (Å²) in [5.41, 5.74) is 0. The quantitative estimate of drug-likeness (QED) is 0.743. The molecule has 1 saturated heterocycles. The number of methoxy groups -OCH3 is 1. The zero-order valence-electron chi connectivity index (χ0n) is 13.1. The fourth-order valence-electron chi connectivity index (χ4n) is 2.07. The standard InChI is InChI=1S/C15H25N3O3/c1-11(2)10-16-13-9-14(21-8-7-19-3)18-15(17-13)12-5-4-6-20-12/h9,11-12H,4-8,10H2,1-3H3,(H,16,17,18). The van der Waals surface area contributed by atoms with E-state index < -0.39 is 0 Å². The fourth-order valence-corrected chi connectivity index (χ4v) is 2.07. The minimum absolute atomic E-state index is 0.0180. The number of nitrogens with one attached hydrogen (secondary N) is 1. The Morgan fingerprint density at radius 1 is 1.38 bits per heavy atom. The van der Waals surface area contributed by atoms with Crippen molar-refractivity contribution >= 4 is 5.82 Å². The molecule has 0 aliphatic carbocycles. The Labute approximate surface area is 126 Å². The maximum atomic E-state index is 5.67. The number of aromatic nitrogens is 2. The first-order chi connectivity index (χ1) is 10.2. The molecule has 1 aliphatic rings. The lowest BCUT2D eigenvalue weighted by Crippen LogP contribution is -2.13. The van der Waals surface area contributed by atoms with Crippen LogP contribution in [0.15, 0.2) is 6.07 Å². The predicted octanol–water partition coefficient (Wildman–Crippen LogP) is 2.42. The van der Waals surface area contributed by atoms with Crippen molar-refractivity contribution in [1.29, 1.82) is 0 Å². The monoisotopic (exact) mass is 295 g/mol.